The van der Waals surface area contributed by atoms with Gasteiger partial charge in [-0.3, -0.25) is 4.90 Å². The summed E-state index contributed by atoms with van der Waals surface area (Å²) >= 11 is 1.74. The molecule has 3 aromatic carbocycles. The van der Waals surface area contributed by atoms with Crippen LogP contribution in [0.25, 0.3) is 0 Å². The smallest absolute Gasteiger partial charge is 0.410 e. The Kier molecular flexibility index (Phi) is 20.5. The number of allylic oxidation sites excluding steroid dienone is 1. The van der Waals surface area contributed by atoms with Gasteiger partial charge in [-0.2, -0.15) is 0 Å². The fourth-order valence-corrected chi connectivity index (χ4v) is 10.2. The van der Waals surface area contributed by atoms with Crippen molar-refractivity contribution in [1.29, 1.82) is 0 Å². The van der Waals surface area contributed by atoms with Crippen LogP contribution in [0.5, 0.6) is 11.5 Å². The quantitative estimate of drug-likeness (QED) is 0.0266. The summed E-state index contributed by atoms with van der Waals surface area (Å²) in [6, 6.07) is 25.2. The SMILES string of the molecule is C=CCOC12Oc3ccc(OCCSc4ccccc4)cc3C3C(CCCCO)C(CCCCO)C=C(C(=NOCC)CC1N(CCOCCO)C(=O)OCCOCc1ccccc1)C32. The Morgan fingerprint density at radius 2 is 1.68 bits per heavy atom. The standard InChI is InChI=1S/C51H68N2O11S/c1-3-27-62-51-47(53(23-28-58-29-26-56)50(57)61-31-30-59-37-38-15-7-5-8-16-38)36-45(52-63-4-2)43-34-39(17-11-13-24-54)42(20-12-14-25-55)48(49(43)51)44-35-40(21-22-46(44)64-51)60-32-33-65-41-18-9-6-10-19-41/h3,5-10,15-16,18-19,21-22,34-35,39,42,47-49,54-56H,1,4,11-14,17,20,23-33,36-37H2,2H3. The number of carbonyl (C=O) groups excluding carboxylic acids is 1. The van der Waals surface area contributed by atoms with Gasteiger partial charge in [-0.15, -0.1) is 18.3 Å². The van der Waals surface area contributed by atoms with Gasteiger partial charge in [0.15, 0.2) is 0 Å². The first kappa shape index (κ1) is 50.0. The van der Waals surface area contributed by atoms with E-state index in [9.17, 15) is 20.1 Å². The molecule has 1 fully saturated rings. The molecule has 3 N–H and O–H groups in total. The van der Waals surface area contributed by atoms with Crippen molar-refractivity contribution in [3.8, 4) is 11.5 Å². The average molecular weight is 917 g/mol. The van der Waals surface area contributed by atoms with Crippen molar-refractivity contribution >= 4 is 23.6 Å². The third-order valence-corrected chi connectivity index (χ3v) is 13.2. The van der Waals surface area contributed by atoms with Crippen LogP contribution in [-0.2, 0) is 30.4 Å². The van der Waals surface area contributed by atoms with Crippen LogP contribution in [0, 0.1) is 17.8 Å². The zero-order valence-corrected chi connectivity index (χ0v) is 38.6. The monoisotopic (exact) mass is 916 g/mol. The summed E-state index contributed by atoms with van der Waals surface area (Å²) in [6.07, 6.45) is 8.20. The molecule has 354 valence electrons. The van der Waals surface area contributed by atoms with Gasteiger partial charge in [0.2, 0.25) is 5.79 Å². The Labute approximate surface area is 388 Å². The number of nitrogens with zero attached hydrogens (tertiary/aromatic N) is 2. The molecule has 1 heterocycles. The van der Waals surface area contributed by atoms with Gasteiger partial charge >= 0.3 is 6.09 Å². The van der Waals surface area contributed by atoms with E-state index in [1.54, 1.807) is 22.7 Å². The molecule has 13 nitrogen and oxygen atoms in total. The Hall–Kier alpha value is -4.41. The van der Waals surface area contributed by atoms with E-state index in [1.165, 1.54) is 4.90 Å². The molecule has 3 aromatic rings. The van der Waals surface area contributed by atoms with Gasteiger partial charge in [0.1, 0.15) is 30.8 Å². The van der Waals surface area contributed by atoms with Crippen LogP contribution in [-0.4, -0.2) is 122 Å². The Balaban J connectivity index is 1.43. The molecule has 6 atom stereocenters. The third-order valence-electron chi connectivity index (χ3n) is 12.2. The number of rotatable bonds is 29. The Morgan fingerprint density at radius 3 is 2.42 bits per heavy atom. The van der Waals surface area contributed by atoms with Crippen LogP contribution in [0.1, 0.15) is 68.9 Å². The first-order valence-corrected chi connectivity index (χ1v) is 24.2. The Bertz CT molecular complexity index is 1950. The van der Waals surface area contributed by atoms with Gasteiger partial charge in [0.05, 0.1) is 57.9 Å². The molecule has 6 rings (SSSR count). The third kappa shape index (κ3) is 13.4. The summed E-state index contributed by atoms with van der Waals surface area (Å²) in [5, 5.41) is 34.2. The molecule has 3 aliphatic rings. The first-order valence-electron chi connectivity index (χ1n) is 23.2. The first-order chi connectivity index (χ1) is 32.0. The van der Waals surface area contributed by atoms with Crippen molar-refractivity contribution < 1.29 is 53.4 Å². The van der Waals surface area contributed by atoms with Gasteiger partial charge < -0.3 is 48.6 Å². The number of hydrogen-bond acceptors (Lipinski definition) is 13. The maximum Gasteiger partial charge on any atom is 0.410 e. The highest BCUT2D eigenvalue weighted by Crippen LogP contribution is 2.62. The Morgan fingerprint density at radius 1 is 0.908 bits per heavy atom. The number of aliphatic hydroxyl groups is 3. The predicted molar refractivity (Wildman–Crippen MR) is 251 cm³/mol. The number of aliphatic hydroxyl groups excluding tert-OH is 3. The molecular formula is C51H68N2O11S. The zero-order chi connectivity index (χ0) is 45.7. The predicted octanol–water partition coefficient (Wildman–Crippen LogP) is 8.18. The second-order valence-electron chi connectivity index (χ2n) is 16.4. The normalized spacial score (nSPS) is 22.6. The maximum atomic E-state index is 14.6. The highest BCUT2D eigenvalue weighted by molar-refractivity contribution is 7.99. The lowest BCUT2D eigenvalue weighted by molar-refractivity contribution is -0.256. The van der Waals surface area contributed by atoms with Crippen molar-refractivity contribution in [2.45, 2.75) is 81.1 Å². The number of ether oxygens (including phenoxy) is 6. The summed E-state index contributed by atoms with van der Waals surface area (Å²) in [7, 11) is 0. The molecule has 0 radical (unpaired) electrons. The highest BCUT2D eigenvalue weighted by Gasteiger charge is 2.65. The lowest BCUT2D eigenvalue weighted by Crippen LogP contribution is -2.70. The molecule has 1 saturated carbocycles. The summed E-state index contributed by atoms with van der Waals surface area (Å²) in [5.41, 5.74) is 3.60. The van der Waals surface area contributed by atoms with Crippen LogP contribution in [0.4, 0.5) is 4.79 Å². The van der Waals surface area contributed by atoms with Gasteiger partial charge in [-0.1, -0.05) is 78.7 Å². The van der Waals surface area contributed by atoms with Crippen LogP contribution in [0.15, 0.2) is 113 Å². The molecule has 1 amide bonds. The summed E-state index contributed by atoms with van der Waals surface area (Å²) in [4.78, 5) is 23.3. The molecule has 6 unspecified atom stereocenters. The van der Waals surface area contributed by atoms with Gasteiger partial charge in [0, 0.05) is 48.3 Å². The molecule has 14 heteroatoms. The van der Waals surface area contributed by atoms with Crippen LogP contribution in [0.2, 0.25) is 0 Å². The number of fused-ring (bicyclic) bond motifs is 2. The summed E-state index contributed by atoms with van der Waals surface area (Å²) < 4.78 is 38.5. The molecular weight excluding hydrogens is 849 g/mol. The lowest BCUT2D eigenvalue weighted by atomic mass is 9.55. The van der Waals surface area contributed by atoms with E-state index >= 15 is 0 Å². The van der Waals surface area contributed by atoms with E-state index in [0.29, 0.717) is 44.1 Å². The molecule has 2 aliphatic carbocycles. The molecule has 1 aliphatic heterocycles. The largest absolute Gasteiger partial charge is 0.493 e. The molecule has 65 heavy (non-hydrogen) atoms. The van der Waals surface area contributed by atoms with Crippen molar-refractivity contribution in [2.75, 3.05) is 78.4 Å². The van der Waals surface area contributed by atoms with E-state index in [2.05, 4.69) is 30.9 Å². The summed E-state index contributed by atoms with van der Waals surface area (Å²) in [6.45, 7) is 7.75. The van der Waals surface area contributed by atoms with Crippen molar-refractivity contribution in [1.82, 2.24) is 4.90 Å². The minimum atomic E-state index is -1.47. The number of thioether (sulfide) groups is 1. The zero-order valence-electron chi connectivity index (χ0n) is 37.8. The van der Waals surface area contributed by atoms with E-state index in [0.717, 1.165) is 53.9 Å². The average Bonchev–Trinajstić information content (AvgIpc) is 3.33. The lowest BCUT2D eigenvalue weighted by Gasteiger charge is -2.59. The highest BCUT2D eigenvalue weighted by atomic mass is 32.2. The summed E-state index contributed by atoms with van der Waals surface area (Å²) in [5.74, 6) is 0.0617. The fraction of sp³-hybridized carbons (Fsp3) is 0.529. The van der Waals surface area contributed by atoms with Gasteiger partial charge in [0.25, 0.3) is 0 Å². The topological polar surface area (TPSA) is 158 Å². The minimum Gasteiger partial charge on any atom is -0.493 e. The van der Waals surface area contributed by atoms with Crippen molar-refractivity contribution in [2.24, 2.45) is 22.9 Å². The van der Waals surface area contributed by atoms with Crippen LogP contribution < -0.4 is 9.47 Å². The van der Waals surface area contributed by atoms with E-state index in [-0.39, 0.29) is 83.6 Å². The van der Waals surface area contributed by atoms with E-state index in [4.69, 9.17) is 38.4 Å². The number of unbranched alkanes of at least 4 members (excludes halogenated alkanes) is 2. The second-order valence-corrected chi connectivity index (χ2v) is 17.6. The van der Waals surface area contributed by atoms with E-state index in [1.807, 2.05) is 67.6 Å². The number of oxime groups is 1. The van der Waals surface area contributed by atoms with E-state index < -0.39 is 23.8 Å². The van der Waals surface area contributed by atoms with Gasteiger partial charge in [-0.25, -0.2) is 4.79 Å². The number of carbonyl (C=O) groups is 1. The van der Waals surface area contributed by atoms with Crippen LogP contribution >= 0.6 is 11.8 Å². The fourth-order valence-electron chi connectivity index (χ4n) is 9.46. The second kappa shape index (κ2) is 26.7. The molecule has 0 spiro atoms. The van der Waals surface area contributed by atoms with Crippen LogP contribution in [0.3, 0.4) is 0 Å². The van der Waals surface area contributed by atoms with Crippen molar-refractivity contribution in [3.63, 3.8) is 0 Å². The minimum absolute atomic E-state index is 0.00275. The van der Waals surface area contributed by atoms with Crippen molar-refractivity contribution in [3.05, 3.63) is 114 Å². The molecule has 0 aromatic heterocycles. The number of benzene rings is 3. The maximum absolute atomic E-state index is 14.6. The number of hydrogen-bond donors (Lipinski definition) is 3. The molecule has 0 bridgehead atoms. The molecule has 0 saturated heterocycles. The number of amides is 1. The van der Waals surface area contributed by atoms with Gasteiger partial charge in [-0.05, 0) is 85.9 Å².